The summed E-state index contributed by atoms with van der Waals surface area (Å²) < 4.78 is 12.3. The summed E-state index contributed by atoms with van der Waals surface area (Å²) in [5, 5.41) is 4.05. The van der Waals surface area contributed by atoms with Crippen LogP contribution in [0.5, 0.6) is 0 Å². The van der Waals surface area contributed by atoms with Gasteiger partial charge in [0.2, 0.25) is 0 Å². The number of esters is 1. The van der Waals surface area contributed by atoms with Gasteiger partial charge in [-0.3, -0.25) is 9.59 Å². The summed E-state index contributed by atoms with van der Waals surface area (Å²) in [6.07, 6.45) is 3.89. The molecule has 1 amide bonds. The zero-order valence-corrected chi connectivity index (χ0v) is 17.4. The Morgan fingerprint density at radius 1 is 1.16 bits per heavy atom. The summed E-state index contributed by atoms with van der Waals surface area (Å²) in [4.78, 5) is 38.0. The smallest absolute Gasteiger partial charge is 0.356 e. The van der Waals surface area contributed by atoms with Gasteiger partial charge >= 0.3 is 5.97 Å². The maximum Gasteiger partial charge on any atom is 0.356 e. The lowest BCUT2D eigenvalue weighted by Crippen LogP contribution is -2.45. The van der Waals surface area contributed by atoms with Crippen molar-refractivity contribution in [1.29, 1.82) is 0 Å². The van der Waals surface area contributed by atoms with Gasteiger partial charge in [-0.25, -0.2) is 4.79 Å². The standard InChI is InChI=1S/C23H23N3O5/c1-14-18(19(25-31-14)15-8-4-3-5-9-15)20(27)16-12-17(26(2)13-16)21(28)30-23(22(24)29)10-6-7-11-23/h3-5,8-9,12-13H,6-7,10-11H2,1-2H3,(H2,24,29). The molecule has 0 saturated heterocycles. The number of carbonyl (C=O) groups excluding carboxylic acids is 3. The number of ketones is 1. The van der Waals surface area contributed by atoms with Crippen LogP contribution in [0.15, 0.2) is 47.1 Å². The Morgan fingerprint density at radius 3 is 2.48 bits per heavy atom. The first-order chi connectivity index (χ1) is 14.8. The first-order valence-corrected chi connectivity index (χ1v) is 10.1. The Hall–Kier alpha value is -3.68. The number of aryl methyl sites for hydroxylation is 2. The number of benzene rings is 1. The molecule has 0 bridgehead atoms. The van der Waals surface area contributed by atoms with Crippen LogP contribution in [0.25, 0.3) is 11.3 Å². The Morgan fingerprint density at radius 2 is 1.84 bits per heavy atom. The lowest BCUT2D eigenvalue weighted by molar-refractivity contribution is -0.136. The molecule has 2 aromatic heterocycles. The zero-order valence-electron chi connectivity index (χ0n) is 17.4. The third-order valence-electron chi connectivity index (χ3n) is 5.76. The van der Waals surface area contributed by atoms with Crippen molar-refractivity contribution < 1.29 is 23.6 Å². The second-order valence-corrected chi connectivity index (χ2v) is 7.84. The highest BCUT2D eigenvalue weighted by atomic mass is 16.6. The lowest BCUT2D eigenvalue weighted by atomic mass is 9.99. The van der Waals surface area contributed by atoms with Crippen LogP contribution in [-0.2, 0) is 16.6 Å². The second kappa shape index (κ2) is 7.86. The number of hydrogen-bond donors (Lipinski definition) is 1. The van der Waals surface area contributed by atoms with E-state index in [1.165, 1.54) is 10.6 Å². The molecule has 1 saturated carbocycles. The minimum atomic E-state index is -1.28. The van der Waals surface area contributed by atoms with Gasteiger partial charge in [-0.1, -0.05) is 35.5 Å². The monoisotopic (exact) mass is 421 g/mol. The first kappa shape index (κ1) is 20.6. The third kappa shape index (κ3) is 3.65. The van der Waals surface area contributed by atoms with Crippen molar-refractivity contribution in [3.63, 3.8) is 0 Å². The van der Waals surface area contributed by atoms with Crippen LogP contribution in [0.3, 0.4) is 0 Å². The second-order valence-electron chi connectivity index (χ2n) is 7.84. The van der Waals surface area contributed by atoms with E-state index in [-0.39, 0.29) is 17.0 Å². The van der Waals surface area contributed by atoms with Gasteiger partial charge in [-0.05, 0) is 38.7 Å². The number of ether oxygens (including phenoxy) is 1. The average molecular weight is 421 g/mol. The maximum atomic E-state index is 13.3. The minimum Gasteiger partial charge on any atom is -0.444 e. The Labute approximate surface area is 179 Å². The quantitative estimate of drug-likeness (QED) is 0.482. The fourth-order valence-corrected chi connectivity index (χ4v) is 4.04. The Kier molecular flexibility index (Phi) is 5.22. The SMILES string of the molecule is Cc1onc(-c2ccccc2)c1C(=O)c1cc(C(=O)OC2(C(N)=O)CCCC2)n(C)c1. The van der Waals surface area contributed by atoms with Gasteiger partial charge in [0.05, 0.1) is 5.56 Å². The number of nitrogens with two attached hydrogens (primary N) is 1. The number of carbonyl (C=O) groups is 3. The van der Waals surface area contributed by atoms with Crippen LogP contribution in [-0.4, -0.2) is 33.0 Å². The fourth-order valence-electron chi connectivity index (χ4n) is 4.04. The Bertz CT molecular complexity index is 1150. The molecule has 31 heavy (non-hydrogen) atoms. The molecule has 2 heterocycles. The van der Waals surface area contributed by atoms with Gasteiger partial charge in [0, 0.05) is 24.4 Å². The molecule has 1 aromatic carbocycles. The van der Waals surface area contributed by atoms with E-state index in [1.807, 2.05) is 30.3 Å². The van der Waals surface area contributed by atoms with Crippen molar-refractivity contribution in [3.8, 4) is 11.3 Å². The molecular formula is C23H23N3O5. The van der Waals surface area contributed by atoms with Gasteiger partial charge in [0.1, 0.15) is 17.1 Å². The van der Waals surface area contributed by atoms with Gasteiger partial charge in [0.25, 0.3) is 5.91 Å². The van der Waals surface area contributed by atoms with E-state index < -0.39 is 17.5 Å². The number of hydrogen-bond acceptors (Lipinski definition) is 6. The first-order valence-electron chi connectivity index (χ1n) is 10.1. The summed E-state index contributed by atoms with van der Waals surface area (Å²) in [7, 11) is 1.64. The average Bonchev–Trinajstić information content (AvgIpc) is 3.47. The number of nitrogens with zero attached hydrogens (tertiary/aromatic N) is 2. The molecule has 8 nitrogen and oxygen atoms in total. The van der Waals surface area contributed by atoms with Gasteiger partial charge in [-0.15, -0.1) is 0 Å². The van der Waals surface area contributed by atoms with Crippen molar-refractivity contribution in [2.24, 2.45) is 12.8 Å². The van der Waals surface area contributed by atoms with Crippen molar-refractivity contribution in [1.82, 2.24) is 9.72 Å². The van der Waals surface area contributed by atoms with Crippen LogP contribution in [0.4, 0.5) is 0 Å². The summed E-state index contributed by atoms with van der Waals surface area (Å²) in [6, 6.07) is 10.7. The van der Waals surface area contributed by atoms with E-state index in [0.29, 0.717) is 29.9 Å². The van der Waals surface area contributed by atoms with E-state index >= 15 is 0 Å². The molecular weight excluding hydrogens is 398 g/mol. The van der Waals surface area contributed by atoms with Crippen molar-refractivity contribution >= 4 is 17.7 Å². The molecule has 0 spiro atoms. The lowest BCUT2D eigenvalue weighted by Gasteiger charge is -2.25. The number of amides is 1. The Balaban J connectivity index is 1.64. The molecule has 1 fully saturated rings. The zero-order chi connectivity index (χ0) is 22.2. The van der Waals surface area contributed by atoms with E-state index in [2.05, 4.69) is 5.16 Å². The molecule has 160 valence electrons. The fraction of sp³-hybridized carbons (Fsp3) is 0.304. The van der Waals surface area contributed by atoms with Crippen LogP contribution < -0.4 is 5.73 Å². The third-order valence-corrected chi connectivity index (χ3v) is 5.76. The summed E-state index contributed by atoms with van der Waals surface area (Å²) in [5.41, 5.74) is 6.20. The van der Waals surface area contributed by atoms with Crippen LogP contribution in [0.1, 0.15) is 57.9 Å². The molecule has 0 atom stereocenters. The number of aromatic nitrogens is 2. The number of rotatable bonds is 6. The predicted molar refractivity (Wildman–Crippen MR) is 111 cm³/mol. The molecule has 3 aromatic rings. The van der Waals surface area contributed by atoms with Crippen LogP contribution >= 0.6 is 0 Å². The normalized spacial score (nSPS) is 15.0. The maximum absolute atomic E-state index is 13.3. The summed E-state index contributed by atoms with van der Waals surface area (Å²) >= 11 is 0. The molecule has 2 N–H and O–H groups in total. The van der Waals surface area contributed by atoms with Crippen LogP contribution in [0.2, 0.25) is 0 Å². The van der Waals surface area contributed by atoms with E-state index in [9.17, 15) is 14.4 Å². The summed E-state index contributed by atoms with van der Waals surface area (Å²) in [5.74, 6) is -1.27. The summed E-state index contributed by atoms with van der Waals surface area (Å²) in [6.45, 7) is 1.67. The predicted octanol–water partition coefficient (Wildman–Crippen LogP) is 3.17. The topological polar surface area (TPSA) is 117 Å². The van der Waals surface area contributed by atoms with E-state index in [4.69, 9.17) is 15.0 Å². The minimum absolute atomic E-state index is 0.159. The van der Waals surface area contributed by atoms with Gasteiger partial charge in [0.15, 0.2) is 11.4 Å². The van der Waals surface area contributed by atoms with Crippen LogP contribution in [0, 0.1) is 6.92 Å². The number of primary amides is 1. The van der Waals surface area contributed by atoms with Gasteiger partial charge < -0.3 is 19.6 Å². The molecule has 1 aliphatic rings. The van der Waals surface area contributed by atoms with Gasteiger partial charge in [-0.2, -0.15) is 0 Å². The van der Waals surface area contributed by atoms with E-state index in [0.717, 1.165) is 18.4 Å². The highest BCUT2D eigenvalue weighted by molar-refractivity contribution is 6.13. The van der Waals surface area contributed by atoms with Crippen molar-refractivity contribution in [2.45, 2.75) is 38.2 Å². The molecule has 1 aliphatic carbocycles. The molecule has 0 unspecified atom stereocenters. The van der Waals surface area contributed by atoms with Crippen molar-refractivity contribution in [2.75, 3.05) is 0 Å². The van der Waals surface area contributed by atoms with E-state index in [1.54, 1.807) is 20.2 Å². The highest BCUT2D eigenvalue weighted by Gasteiger charge is 2.44. The van der Waals surface area contributed by atoms with Crippen molar-refractivity contribution in [3.05, 3.63) is 65.2 Å². The molecule has 0 radical (unpaired) electrons. The largest absolute Gasteiger partial charge is 0.444 e. The molecule has 0 aliphatic heterocycles. The molecule has 4 rings (SSSR count). The molecule has 8 heteroatoms. The highest BCUT2D eigenvalue weighted by Crippen LogP contribution is 2.34.